The molecule has 1 N–H and O–H groups in total. The third-order valence-electron chi connectivity index (χ3n) is 7.19. The average molecular weight is 555 g/mol. The Bertz CT molecular complexity index is 1250. The van der Waals surface area contributed by atoms with Gasteiger partial charge in [-0.3, -0.25) is 9.59 Å². The second-order valence-electron chi connectivity index (χ2n) is 9.80. The average Bonchev–Trinajstić information content (AvgIpc) is 3.77. The van der Waals surface area contributed by atoms with Gasteiger partial charge in [0.15, 0.2) is 11.5 Å². The van der Waals surface area contributed by atoms with Crippen molar-refractivity contribution in [2.75, 3.05) is 27.4 Å². The van der Waals surface area contributed by atoms with Gasteiger partial charge in [0.25, 0.3) is 0 Å². The highest BCUT2D eigenvalue weighted by Crippen LogP contribution is 2.31. The maximum atomic E-state index is 13.8. The number of hydrogen-bond acceptors (Lipinski definition) is 9. The fraction of sp³-hybridized carbons (Fsp3) is 0.519. The van der Waals surface area contributed by atoms with E-state index in [0.29, 0.717) is 36.0 Å². The highest BCUT2D eigenvalue weighted by molar-refractivity contribution is 7.10. The van der Waals surface area contributed by atoms with Gasteiger partial charge >= 0.3 is 0 Å². The van der Waals surface area contributed by atoms with E-state index in [1.165, 1.54) is 16.1 Å². The van der Waals surface area contributed by atoms with Gasteiger partial charge in [-0.1, -0.05) is 18.9 Å². The van der Waals surface area contributed by atoms with E-state index in [1.54, 1.807) is 37.3 Å². The fourth-order valence-corrected chi connectivity index (χ4v) is 6.03. The van der Waals surface area contributed by atoms with Crippen molar-refractivity contribution in [2.45, 2.75) is 63.3 Å². The van der Waals surface area contributed by atoms with Crippen LogP contribution in [-0.2, 0) is 20.9 Å². The summed E-state index contributed by atoms with van der Waals surface area (Å²) in [6, 6.07) is 8.51. The second-order valence-corrected chi connectivity index (χ2v) is 10.8. The molecular formula is C27H34N6O5S. The second kappa shape index (κ2) is 12.6. The van der Waals surface area contributed by atoms with Crippen molar-refractivity contribution in [3.05, 3.63) is 40.6 Å². The number of nitrogens with one attached hydrogen (secondary N) is 1. The summed E-state index contributed by atoms with van der Waals surface area (Å²) in [7, 11) is 3.12. The van der Waals surface area contributed by atoms with Crippen LogP contribution in [0.25, 0.3) is 11.4 Å². The van der Waals surface area contributed by atoms with Crippen LogP contribution in [0.3, 0.4) is 0 Å². The van der Waals surface area contributed by atoms with Gasteiger partial charge in [-0.25, -0.2) is 0 Å². The standard InChI is InChI=1S/C27H34N6O5S/c1-36-21-12-11-18(15-22(21)37-2)26-29-31-33(30-26)17-24(34)32(16-20-9-5-13-38-20)25(23-10-6-14-39-23)27(35)28-19-7-3-4-8-19/h6,10-12,14-15,19-20,25H,3-5,7-9,13,16-17H2,1-2H3,(H,28,35)/t20-,25-/m0/s1. The number of amides is 2. The molecule has 0 unspecified atom stereocenters. The van der Waals surface area contributed by atoms with Crippen molar-refractivity contribution >= 4 is 23.2 Å². The molecule has 3 heterocycles. The van der Waals surface area contributed by atoms with E-state index < -0.39 is 6.04 Å². The van der Waals surface area contributed by atoms with Gasteiger partial charge in [0.05, 0.1) is 20.3 Å². The topological polar surface area (TPSA) is 121 Å². The summed E-state index contributed by atoms with van der Waals surface area (Å²) in [5, 5.41) is 17.8. The summed E-state index contributed by atoms with van der Waals surface area (Å²) in [5.41, 5.74) is 0.676. The van der Waals surface area contributed by atoms with Crippen LogP contribution in [0.15, 0.2) is 35.7 Å². The largest absolute Gasteiger partial charge is 0.493 e. The lowest BCUT2D eigenvalue weighted by Gasteiger charge is -2.32. The van der Waals surface area contributed by atoms with Gasteiger partial charge in [0.2, 0.25) is 17.6 Å². The predicted octanol–water partition coefficient (Wildman–Crippen LogP) is 3.23. The molecule has 12 heteroatoms. The first-order chi connectivity index (χ1) is 19.1. The first-order valence-electron chi connectivity index (χ1n) is 13.3. The zero-order valence-corrected chi connectivity index (χ0v) is 23.1. The number of carbonyl (C=O) groups excluding carboxylic acids is 2. The van der Waals surface area contributed by atoms with Crippen LogP contribution >= 0.6 is 11.3 Å². The van der Waals surface area contributed by atoms with Gasteiger partial charge in [0.1, 0.15) is 12.6 Å². The lowest BCUT2D eigenvalue weighted by atomic mass is 10.1. The van der Waals surface area contributed by atoms with E-state index in [1.807, 2.05) is 17.5 Å². The van der Waals surface area contributed by atoms with Crippen molar-refractivity contribution in [2.24, 2.45) is 0 Å². The number of ether oxygens (including phenoxy) is 3. The number of nitrogens with zero attached hydrogens (tertiary/aromatic N) is 5. The molecule has 0 bridgehead atoms. The highest BCUT2D eigenvalue weighted by Gasteiger charge is 2.36. The van der Waals surface area contributed by atoms with Gasteiger partial charge in [-0.05, 0) is 60.5 Å². The van der Waals surface area contributed by atoms with Crippen LogP contribution in [0, 0.1) is 0 Å². The van der Waals surface area contributed by atoms with E-state index >= 15 is 0 Å². The number of carbonyl (C=O) groups is 2. The monoisotopic (exact) mass is 554 g/mol. The zero-order chi connectivity index (χ0) is 27.2. The minimum absolute atomic E-state index is 0.123. The Morgan fingerprint density at radius 3 is 2.67 bits per heavy atom. The first-order valence-corrected chi connectivity index (χ1v) is 14.2. The molecule has 1 saturated heterocycles. The molecule has 0 spiro atoms. The van der Waals surface area contributed by atoms with Gasteiger partial charge in [-0.15, -0.1) is 21.5 Å². The summed E-state index contributed by atoms with van der Waals surface area (Å²) in [5.74, 6) is 1.04. The molecule has 0 radical (unpaired) electrons. The van der Waals surface area contributed by atoms with Gasteiger partial charge in [0, 0.05) is 29.6 Å². The summed E-state index contributed by atoms with van der Waals surface area (Å²) in [6.07, 6.45) is 5.79. The smallest absolute Gasteiger partial charge is 0.248 e. The maximum Gasteiger partial charge on any atom is 0.248 e. The molecule has 1 aliphatic carbocycles. The summed E-state index contributed by atoms with van der Waals surface area (Å²) >= 11 is 1.47. The van der Waals surface area contributed by atoms with Crippen molar-refractivity contribution in [1.29, 1.82) is 0 Å². The predicted molar refractivity (Wildman–Crippen MR) is 145 cm³/mol. The van der Waals surface area contributed by atoms with E-state index in [9.17, 15) is 9.59 Å². The quantitative estimate of drug-likeness (QED) is 0.384. The lowest BCUT2D eigenvalue weighted by molar-refractivity contribution is -0.143. The molecule has 2 amide bonds. The molecule has 1 saturated carbocycles. The van der Waals surface area contributed by atoms with Crippen molar-refractivity contribution in [3.63, 3.8) is 0 Å². The molecule has 5 rings (SSSR count). The molecule has 39 heavy (non-hydrogen) atoms. The number of hydrogen-bond donors (Lipinski definition) is 1. The van der Waals surface area contributed by atoms with Crippen molar-refractivity contribution < 1.29 is 23.8 Å². The molecule has 2 aliphatic rings. The van der Waals surface area contributed by atoms with Gasteiger partial charge in [-0.2, -0.15) is 4.80 Å². The molecule has 1 aromatic carbocycles. The summed E-state index contributed by atoms with van der Waals surface area (Å²) < 4.78 is 16.6. The molecule has 2 fully saturated rings. The Kier molecular flexibility index (Phi) is 8.72. The SMILES string of the molecule is COc1ccc(-c2nnn(CC(=O)N(C[C@@H]3CCCO3)[C@H](C(=O)NC3CCCC3)c3cccs3)n2)cc1OC. The van der Waals surface area contributed by atoms with Crippen LogP contribution in [0.4, 0.5) is 0 Å². The molecule has 1 aliphatic heterocycles. The van der Waals surface area contributed by atoms with E-state index in [4.69, 9.17) is 14.2 Å². The Hall–Kier alpha value is -3.51. The Labute approximate surface area is 231 Å². The van der Waals surface area contributed by atoms with E-state index in [2.05, 4.69) is 20.7 Å². The summed E-state index contributed by atoms with van der Waals surface area (Å²) in [6.45, 7) is 0.812. The van der Waals surface area contributed by atoms with Crippen LogP contribution in [0.2, 0.25) is 0 Å². The Morgan fingerprint density at radius 2 is 1.97 bits per heavy atom. The highest BCUT2D eigenvalue weighted by atomic mass is 32.1. The van der Waals surface area contributed by atoms with Crippen LogP contribution in [-0.4, -0.2) is 76.4 Å². The minimum Gasteiger partial charge on any atom is -0.493 e. The number of tetrazole rings is 1. The van der Waals surface area contributed by atoms with Crippen LogP contribution in [0.5, 0.6) is 11.5 Å². The zero-order valence-electron chi connectivity index (χ0n) is 22.2. The normalized spacial score (nSPS) is 18.2. The van der Waals surface area contributed by atoms with E-state index in [0.717, 1.165) is 43.4 Å². The molecule has 2 aromatic heterocycles. The maximum absolute atomic E-state index is 13.8. The number of thiophene rings is 1. The molecular weight excluding hydrogens is 520 g/mol. The Morgan fingerprint density at radius 1 is 1.15 bits per heavy atom. The third-order valence-corrected chi connectivity index (χ3v) is 8.11. The van der Waals surface area contributed by atoms with Crippen molar-refractivity contribution in [1.82, 2.24) is 30.4 Å². The number of rotatable bonds is 11. The Balaban J connectivity index is 1.38. The molecule has 208 valence electrons. The fourth-order valence-electron chi connectivity index (χ4n) is 5.19. The van der Waals surface area contributed by atoms with Gasteiger partial charge < -0.3 is 24.4 Å². The molecule has 11 nitrogen and oxygen atoms in total. The number of aromatic nitrogens is 4. The minimum atomic E-state index is -0.754. The third kappa shape index (κ3) is 6.39. The first kappa shape index (κ1) is 27.1. The van der Waals surface area contributed by atoms with Crippen LogP contribution < -0.4 is 14.8 Å². The molecule has 2 atom stereocenters. The summed E-state index contributed by atoms with van der Waals surface area (Å²) in [4.78, 5) is 31.2. The number of benzene rings is 1. The lowest BCUT2D eigenvalue weighted by Crippen LogP contribution is -2.49. The number of methoxy groups -OCH3 is 2. The van der Waals surface area contributed by atoms with E-state index in [-0.39, 0.29) is 30.5 Å². The van der Waals surface area contributed by atoms with Crippen LogP contribution in [0.1, 0.15) is 49.4 Å². The molecule has 3 aromatic rings. The van der Waals surface area contributed by atoms with Crippen molar-refractivity contribution in [3.8, 4) is 22.9 Å².